The van der Waals surface area contributed by atoms with Crippen LogP contribution in [0, 0.1) is 0 Å². The molecule has 0 spiro atoms. The van der Waals surface area contributed by atoms with E-state index in [4.69, 9.17) is 21.7 Å². The Labute approximate surface area is 305 Å². The summed E-state index contributed by atoms with van der Waals surface area (Å²) >= 11 is 0. The van der Waals surface area contributed by atoms with Gasteiger partial charge in [-0.1, -0.05) is 109 Å². The van der Waals surface area contributed by atoms with Crippen LogP contribution in [0.2, 0.25) is 0 Å². The fraction of sp³-hybridized carbons (Fsp3) is 0.222. The van der Waals surface area contributed by atoms with E-state index in [2.05, 4.69) is 60.7 Å². The molecule has 0 unspecified atom stereocenters. The second-order valence-electron chi connectivity index (χ2n) is 14.1. The SMILES string of the molecule is CC(C)(C(=O)C(C)(C)c1ccc(C(=O)O)cc1)c1ccc(C(=O)O)cc1.C[C@@H](N)c1cccc2ccccc12.C[C@@H](N)c1cccc2ccccc12. The molecule has 52 heavy (non-hydrogen) atoms. The number of hydrogen-bond acceptors (Lipinski definition) is 5. The van der Waals surface area contributed by atoms with Crippen LogP contribution in [0.5, 0.6) is 0 Å². The summed E-state index contributed by atoms with van der Waals surface area (Å²) in [6, 6.07) is 42.0. The molecule has 0 heterocycles. The van der Waals surface area contributed by atoms with E-state index < -0.39 is 22.8 Å². The third kappa shape index (κ3) is 8.99. The molecule has 0 aromatic heterocycles. The van der Waals surface area contributed by atoms with Crippen molar-refractivity contribution in [2.75, 3.05) is 0 Å². The highest BCUT2D eigenvalue weighted by Crippen LogP contribution is 2.36. The summed E-state index contributed by atoms with van der Waals surface area (Å²) in [4.78, 5) is 35.3. The average molecular weight is 697 g/mol. The second-order valence-corrected chi connectivity index (χ2v) is 14.1. The number of carboxylic acid groups (broad SMARTS) is 2. The van der Waals surface area contributed by atoms with Crippen LogP contribution in [-0.4, -0.2) is 27.9 Å². The second kappa shape index (κ2) is 16.6. The molecule has 0 aliphatic carbocycles. The third-order valence-electron chi connectivity index (χ3n) is 9.47. The van der Waals surface area contributed by atoms with E-state index >= 15 is 0 Å². The Balaban J connectivity index is 0.000000193. The Morgan fingerprint density at radius 2 is 0.788 bits per heavy atom. The maximum atomic E-state index is 13.3. The minimum Gasteiger partial charge on any atom is -0.478 e. The van der Waals surface area contributed by atoms with Crippen molar-refractivity contribution in [1.29, 1.82) is 0 Å². The number of rotatable bonds is 8. The highest BCUT2D eigenvalue weighted by molar-refractivity contribution is 5.98. The van der Waals surface area contributed by atoms with E-state index in [9.17, 15) is 14.4 Å². The summed E-state index contributed by atoms with van der Waals surface area (Å²) in [5.74, 6) is -2.07. The summed E-state index contributed by atoms with van der Waals surface area (Å²) in [6.07, 6.45) is 0. The van der Waals surface area contributed by atoms with Crippen LogP contribution in [0.3, 0.4) is 0 Å². The van der Waals surface area contributed by atoms with E-state index in [0.717, 1.165) is 11.1 Å². The zero-order chi connectivity index (χ0) is 38.2. The van der Waals surface area contributed by atoms with E-state index in [1.807, 2.05) is 38.1 Å². The Bertz CT molecular complexity index is 2000. The van der Waals surface area contributed by atoms with Crippen molar-refractivity contribution >= 4 is 39.3 Å². The number of hydrogen-bond donors (Lipinski definition) is 4. The highest BCUT2D eigenvalue weighted by atomic mass is 16.4. The molecule has 0 radical (unpaired) electrons. The summed E-state index contributed by atoms with van der Waals surface area (Å²) in [7, 11) is 0. The third-order valence-corrected chi connectivity index (χ3v) is 9.47. The highest BCUT2D eigenvalue weighted by Gasteiger charge is 2.41. The van der Waals surface area contributed by atoms with Crippen LogP contribution >= 0.6 is 0 Å². The molecule has 7 nitrogen and oxygen atoms in total. The lowest BCUT2D eigenvalue weighted by atomic mass is 9.67. The van der Waals surface area contributed by atoms with Crippen LogP contribution in [0.25, 0.3) is 21.5 Å². The molecule has 268 valence electrons. The predicted molar refractivity (Wildman–Crippen MR) is 211 cm³/mol. The van der Waals surface area contributed by atoms with Crippen LogP contribution in [-0.2, 0) is 15.6 Å². The number of carbonyl (C=O) groups is 3. The van der Waals surface area contributed by atoms with Crippen molar-refractivity contribution in [2.45, 2.75) is 64.5 Å². The normalized spacial score (nSPS) is 12.5. The first-order valence-corrected chi connectivity index (χ1v) is 17.2. The number of carboxylic acids is 2. The number of ketones is 1. The van der Waals surface area contributed by atoms with Crippen molar-refractivity contribution in [3.05, 3.63) is 167 Å². The first kappa shape index (κ1) is 39.2. The fourth-order valence-corrected chi connectivity index (χ4v) is 6.40. The largest absolute Gasteiger partial charge is 0.478 e. The number of nitrogens with two attached hydrogens (primary N) is 2. The Hall–Kier alpha value is -5.63. The van der Waals surface area contributed by atoms with Crippen LogP contribution in [0.4, 0.5) is 0 Å². The van der Waals surface area contributed by atoms with E-state index in [1.54, 1.807) is 52.0 Å². The van der Waals surface area contributed by atoms with Gasteiger partial charge in [0.2, 0.25) is 0 Å². The van der Waals surface area contributed by atoms with Gasteiger partial charge in [0.25, 0.3) is 0 Å². The standard InChI is InChI=1S/C21H22O5.2C12H13N/c1-20(2,15-9-5-13(6-10-15)17(22)23)19(26)21(3,4)16-11-7-14(8-12-16)18(24)25;2*1-9(13)11-8-4-6-10-5-2-3-7-12(10)11/h5-12H,1-4H3,(H,22,23)(H,24,25);2*2-9H,13H2,1H3/t;2*9-/m.11/s1. The molecule has 6 rings (SSSR count). The van der Waals surface area contributed by atoms with Gasteiger partial charge in [0.05, 0.1) is 11.1 Å². The van der Waals surface area contributed by atoms with Gasteiger partial charge in [-0.25, -0.2) is 9.59 Å². The first-order valence-electron chi connectivity index (χ1n) is 17.2. The van der Waals surface area contributed by atoms with Gasteiger partial charge >= 0.3 is 11.9 Å². The van der Waals surface area contributed by atoms with E-state index in [1.165, 1.54) is 56.9 Å². The van der Waals surface area contributed by atoms with Crippen molar-refractivity contribution < 1.29 is 24.6 Å². The lowest BCUT2D eigenvalue weighted by Gasteiger charge is -2.34. The molecular weight excluding hydrogens is 649 g/mol. The maximum absolute atomic E-state index is 13.3. The topological polar surface area (TPSA) is 144 Å². The number of aromatic carboxylic acids is 2. The van der Waals surface area contributed by atoms with Gasteiger partial charge in [-0.3, -0.25) is 4.79 Å². The van der Waals surface area contributed by atoms with Crippen molar-refractivity contribution in [1.82, 2.24) is 0 Å². The predicted octanol–water partition coefficient (Wildman–Crippen LogP) is 9.63. The van der Waals surface area contributed by atoms with Gasteiger partial charge < -0.3 is 21.7 Å². The molecule has 0 aliphatic heterocycles. The molecule has 0 aliphatic rings. The molecule has 0 fully saturated rings. The first-order chi connectivity index (χ1) is 24.5. The van der Waals surface area contributed by atoms with E-state index in [0.29, 0.717) is 0 Å². The van der Waals surface area contributed by atoms with Gasteiger partial charge in [0.1, 0.15) is 0 Å². The summed E-state index contributed by atoms with van der Waals surface area (Å²) in [6.45, 7) is 11.2. The zero-order valence-corrected chi connectivity index (χ0v) is 30.6. The zero-order valence-electron chi connectivity index (χ0n) is 30.6. The molecule has 0 saturated heterocycles. The quantitative estimate of drug-likeness (QED) is 0.124. The molecule has 6 N–H and O–H groups in total. The van der Waals surface area contributed by atoms with Crippen molar-refractivity contribution in [3.63, 3.8) is 0 Å². The minimum absolute atomic E-state index is 0.0452. The summed E-state index contributed by atoms with van der Waals surface area (Å²) < 4.78 is 0. The lowest BCUT2D eigenvalue weighted by Crippen LogP contribution is -2.42. The molecule has 0 amide bonds. The van der Waals surface area contributed by atoms with Crippen molar-refractivity contribution in [2.24, 2.45) is 11.5 Å². The van der Waals surface area contributed by atoms with Gasteiger partial charge in [0.15, 0.2) is 5.78 Å². The van der Waals surface area contributed by atoms with Crippen LogP contribution < -0.4 is 11.5 Å². The molecule has 0 bridgehead atoms. The van der Waals surface area contributed by atoms with Crippen molar-refractivity contribution in [3.8, 4) is 0 Å². The molecule has 6 aromatic rings. The van der Waals surface area contributed by atoms with Gasteiger partial charge in [-0.2, -0.15) is 0 Å². The fourth-order valence-electron chi connectivity index (χ4n) is 6.40. The van der Waals surface area contributed by atoms with Gasteiger partial charge in [-0.05, 0) is 110 Å². The summed E-state index contributed by atoms with van der Waals surface area (Å²) in [5.41, 5.74) is 14.3. The molecule has 0 saturated carbocycles. The number of benzene rings is 6. The Morgan fingerprint density at radius 1 is 0.481 bits per heavy atom. The number of Topliss-reactive ketones (excluding diaryl/α,β-unsaturated/α-hetero) is 1. The Morgan fingerprint density at radius 3 is 1.10 bits per heavy atom. The van der Waals surface area contributed by atoms with Gasteiger partial charge in [0, 0.05) is 22.9 Å². The number of carbonyl (C=O) groups excluding carboxylic acids is 1. The van der Waals surface area contributed by atoms with Crippen LogP contribution in [0.1, 0.15) is 96.6 Å². The average Bonchev–Trinajstić information content (AvgIpc) is 3.14. The van der Waals surface area contributed by atoms with Crippen LogP contribution in [0.15, 0.2) is 133 Å². The lowest BCUT2D eigenvalue weighted by molar-refractivity contribution is -0.128. The molecule has 7 heteroatoms. The molecular formula is C45H48N2O5. The molecule has 6 aromatic carbocycles. The summed E-state index contributed by atoms with van der Waals surface area (Å²) in [5, 5.41) is 23.1. The van der Waals surface area contributed by atoms with Gasteiger partial charge in [-0.15, -0.1) is 0 Å². The number of fused-ring (bicyclic) bond motifs is 2. The maximum Gasteiger partial charge on any atom is 0.335 e. The minimum atomic E-state index is -1.01. The van der Waals surface area contributed by atoms with E-state index in [-0.39, 0.29) is 29.0 Å². The monoisotopic (exact) mass is 696 g/mol. The smallest absolute Gasteiger partial charge is 0.335 e. The Kier molecular flexibility index (Phi) is 12.5. The molecule has 2 atom stereocenters.